The highest BCUT2D eigenvalue weighted by Gasteiger charge is 2.05. The first-order chi connectivity index (χ1) is 7.29. The molecule has 0 unspecified atom stereocenters. The van der Waals surface area contributed by atoms with Crippen molar-refractivity contribution in [2.75, 3.05) is 31.7 Å². The lowest BCUT2D eigenvalue weighted by Crippen LogP contribution is -2.23. The average molecular weight is 229 g/mol. The Bertz CT molecular complexity index is 294. The number of rotatable bonds is 6. The maximum absolute atomic E-state index is 5.85. The number of hydrogen-bond acceptors (Lipinski definition) is 3. The third-order valence-corrected chi connectivity index (χ3v) is 2.51. The van der Waals surface area contributed by atoms with Crippen LogP contribution in [-0.2, 0) is 10.6 Å². The molecular weight excluding hydrogens is 212 g/mol. The molecule has 0 aromatic carbocycles. The first-order valence-corrected chi connectivity index (χ1v) is 5.60. The van der Waals surface area contributed by atoms with Gasteiger partial charge in [0.1, 0.15) is 0 Å². The Labute approximate surface area is 96.0 Å². The molecule has 4 heteroatoms. The standard InChI is InChI=1S/C11H17ClN2O/c1-3-15-7-6-14(2)11-9-13-5-4-10(11)8-12/h4-5,9H,3,6-8H2,1-2H3. The summed E-state index contributed by atoms with van der Waals surface area (Å²) < 4.78 is 5.30. The lowest BCUT2D eigenvalue weighted by Gasteiger charge is -2.20. The molecule has 0 radical (unpaired) electrons. The van der Waals surface area contributed by atoms with Gasteiger partial charge in [0.15, 0.2) is 0 Å². The van der Waals surface area contributed by atoms with E-state index in [2.05, 4.69) is 9.88 Å². The van der Waals surface area contributed by atoms with Crippen molar-refractivity contribution in [3.63, 3.8) is 0 Å². The SMILES string of the molecule is CCOCCN(C)c1cnccc1CCl. The summed E-state index contributed by atoms with van der Waals surface area (Å²) in [5.74, 6) is 0.511. The van der Waals surface area contributed by atoms with E-state index in [4.69, 9.17) is 16.3 Å². The molecule has 1 aromatic rings. The Kier molecular flexibility index (Phi) is 5.43. The molecule has 3 nitrogen and oxygen atoms in total. The van der Waals surface area contributed by atoms with Gasteiger partial charge < -0.3 is 9.64 Å². The first kappa shape index (κ1) is 12.3. The van der Waals surface area contributed by atoms with E-state index >= 15 is 0 Å². The number of pyridine rings is 1. The van der Waals surface area contributed by atoms with Gasteiger partial charge in [0.2, 0.25) is 0 Å². The molecule has 0 saturated heterocycles. The molecule has 1 aromatic heterocycles. The van der Waals surface area contributed by atoms with E-state index in [9.17, 15) is 0 Å². The van der Waals surface area contributed by atoms with Crippen LogP contribution in [0.5, 0.6) is 0 Å². The molecule has 0 aliphatic carbocycles. The third-order valence-electron chi connectivity index (χ3n) is 2.22. The van der Waals surface area contributed by atoms with Crippen LogP contribution in [0.25, 0.3) is 0 Å². The zero-order valence-corrected chi connectivity index (χ0v) is 10.00. The van der Waals surface area contributed by atoms with E-state index in [0.29, 0.717) is 5.88 Å². The molecule has 0 saturated carbocycles. The smallest absolute Gasteiger partial charge is 0.0641 e. The molecule has 84 valence electrons. The Morgan fingerprint density at radius 1 is 1.53 bits per heavy atom. The van der Waals surface area contributed by atoms with Gasteiger partial charge in [-0.1, -0.05) is 0 Å². The summed E-state index contributed by atoms with van der Waals surface area (Å²) >= 11 is 5.85. The Morgan fingerprint density at radius 2 is 2.33 bits per heavy atom. The normalized spacial score (nSPS) is 10.3. The van der Waals surface area contributed by atoms with Crippen molar-refractivity contribution in [3.05, 3.63) is 24.0 Å². The summed E-state index contributed by atoms with van der Waals surface area (Å²) in [4.78, 5) is 6.21. The average Bonchev–Trinajstić information content (AvgIpc) is 2.29. The van der Waals surface area contributed by atoms with Gasteiger partial charge in [-0.15, -0.1) is 11.6 Å². The highest BCUT2D eigenvalue weighted by Crippen LogP contribution is 2.19. The molecule has 0 amide bonds. The van der Waals surface area contributed by atoms with Crippen LogP contribution >= 0.6 is 11.6 Å². The quantitative estimate of drug-likeness (QED) is 0.552. The Hall–Kier alpha value is -0.800. The molecule has 0 bridgehead atoms. The highest BCUT2D eigenvalue weighted by atomic mass is 35.5. The second-order valence-corrected chi connectivity index (χ2v) is 3.52. The van der Waals surface area contributed by atoms with Crippen LogP contribution in [0.3, 0.4) is 0 Å². The fourth-order valence-corrected chi connectivity index (χ4v) is 1.56. The zero-order valence-electron chi connectivity index (χ0n) is 9.24. The predicted octanol–water partition coefficient (Wildman–Crippen LogP) is 2.29. The van der Waals surface area contributed by atoms with Crippen molar-refractivity contribution >= 4 is 17.3 Å². The lowest BCUT2D eigenvalue weighted by atomic mass is 10.2. The van der Waals surface area contributed by atoms with Crippen molar-refractivity contribution in [2.45, 2.75) is 12.8 Å². The molecule has 0 atom stereocenters. The van der Waals surface area contributed by atoms with Crippen LogP contribution in [-0.4, -0.2) is 31.8 Å². The second kappa shape index (κ2) is 6.64. The molecule has 0 spiro atoms. The van der Waals surface area contributed by atoms with Crippen molar-refractivity contribution in [3.8, 4) is 0 Å². The van der Waals surface area contributed by atoms with Crippen LogP contribution in [0.1, 0.15) is 12.5 Å². The lowest BCUT2D eigenvalue weighted by molar-refractivity contribution is 0.154. The second-order valence-electron chi connectivity index (χ2n) is 3.26. The van der Waals surface area contributed by atoms with Gasteiger partial charge in [-0.2, -0.15) is 0 Å². The molecule has 0 N–H and O–H groups in total. The molecule has 15 heavy (non-hydrogen) atoms. The van der Waals surface area contributed by atoms with Crippen molar-refractivity contribution in [1.29, 1.82) is 0 Å². The minimum absolute atomic E-state index is 0.511. The predicted molar refractivity (Wildman–Crippen MR) is 63.6 cm³/mol. The molecule has 0 fully saturated rings. The number of aromatic nitrogens is 1. The minimum atomic E-state index is 0.511. The van der Waals surface area contributed by atoms with Crippen LogP contribution in [0.15, 0.2) is 18.5 Å². The van der Waals surface area contributed by atoms with Gasteiger partial charge in [-0.25, -0.2) is 0 Å². The van der Waals surface area contributed by atoms with Gasteiger partial charge in [-0.05, 0) is 18.6 Å². The molecule has 1 rings (SSSR count). The van der Waals surface area contributed by atoms with E-state index in [1.807, 2.05) is 26.2 Å². The summed E-state index contributed by atoms with van der Waals surface area (Å²) in [6.07, 6.45) is 3.60. The van der Waals surface area contributed by atoms with Crippen molar-refractivity contribution in [1.82, 2.24) is 4.98 Å². The van der Waals surface area contributed by atoms with Crippen LogP contribution in [0.4, 0.5) is 5.69 Å². The van der Waals surface area contributed by atoms with E-state index in [1.54, 1.807) is 6.20 Å². The summed E-state index contributed by atoms with van der Waals surface area (Å²) in [7, 11) is 2.02. The van der Waals surface area contributed by atoms with E-state index in [-0.39, 0.29) is 0 Å². The number of alkyl halides is 1. The monoisotopic (exact) mass is 228 g/mol. The molecule has 1 heterocycles. The van der Waals surface area contributed by atoms with Crippen LogP contribution in [0, 0.1) is 0 Å². The van der Waals surface area contributed by atoms with E-state index in [1.165, 1.54) is 0 Å². The fourth-order valence-electron chi connectivity index (χ4n) is 1.34. The fraction of sp³-hybridized carbons (Fsp3) is 0.545. The number of anilines is 1. The van der Waals surface area contributed by atoms with Crippen LogP contribution in [0.2, 0.25) is 0 Å². The first-order valence-electron chi connectivity index (χ1n) is 5.07. The summed E-state index contributed by atoms with van der Waals surface area (Å²) in [6.45, 7) is 4.32. The highest BCUT2D eigenvalue weighted by molar-refractivity contribution is 6.17. The summed E-state index contributed by atoms with van der Waals surface area (Å²) in [6, 6.07) is 1.94. The summed E-state index contributed by atoms with van der Waals surface area (Å²) in [5, 5.41) is 0. The summed E-state index contributed by atoms with van der Waals surface area (Å²) in [5.41, 5.74) is 2.18. The van der Waals surface area contributed by atoms with Crippen molar-refractivity contribution < 1.29 is 4.74 Å². The number of ether oxygens (including phenoxy) is 1. The maximum atomic E-state index is 5.85. The molecule has 0 aliphatic rings. The molecular formula is C11H17ClN2O. The molecule has 0 aliphatic heterocycles. The third kappa shape index (κ3) is 3.68. The minimum Gasteiger partial charge on any atom is -0.380 e. The maximum Gasteiger partial charge on any atom is 0.0641 e. The van der Waals surface area contributed by atoms with Gasteiger partial charge in [-0.3, -0.25) is 4.98 Å². The Balaban J connectivity index is 2.59. The Morgan fingerprint density at radius 3 is 3.00 bits per heavy atom. The zero-order chi connectivity index (χ0) is 11.1. The van der Waals surface area contributed by atoms with Crippen molar-refractivity contribution in [2.24, 2.45) is 0 Å². The van der Waals surface area contributed by atoms with Gasteiger partial charge in [0.25, 0.3) is 0 Å². The van der Waals surface area contributed by atoms with Gasteiger partial charge >= 0.3 is 0 Å². The topological polar surface area (TPSA) is 25.4 Å². The van der Waals surface area contributed by atoms with Crippen LogP contribution < -0.4 is 4.90 Å². The number of likely N-dealkylation sites (N-methyl/N-ethyl adjacent to an activating group) is 1. The number of nitrogens with zero attached hydrogens (tertiary/aromatic N) is 2. The van der Waals surface area contributed by atoms with E-state index < -0.39 is 0 Å². The van der Waals surface area contributed by atoms with E-state index in [0.717, 1.165) is 31.0 Å². The number of halogens is 1. The largest absolute Gasteiger partial charge is 0.380 e. The van der Waals surface area contributed by atoms with Gasteiger partial charge in [0.05, 0.1) is 18.5 Å². The number of hydrogen-bond donors (Lipinski definition) is 0. The van der Waals surface area contributed by atoms with Gasteiger partial charge in [0, 0.05) is 32.3 Å².